The predicted molar refractivity (Wildman–Crippen MR) is 54.8 cm³/mol. The smallest absolute Gasteiger partial charge is 0.0571 e. The molecule has 0 spiro atoms. The van der Waals surface area contributed by atoms with Crippen LogP contribution in [0, 0.1) is 0 Å². The van der Waals surface area contributed by atoms with Crippen LogP contribution in [0.1, 0.15) is 12.0 Å². The fourth-order valence-corrected chi connectivity index (χ4v) is 1.94. The maximum Gasteiger partial charge on any atom is 0.0571 e. The summed E-state index contributed by atoms with van der Waals surface area (Å²) in [7, 11) is 0. The average molecular weight is 197 g/mol. The van der Waals surface area contributed by atoms with E-state index in [0.29, 0.717) is 6.54 Å². The SMILES string of the molecule is NCC1(c2cccc(Cl)c2)CCN1. The summed E-state index contributed by atoms with van der Waals surface area (Å²) in [5.74, 6) is 0. The molecule has 0 radical (unpaired) electrons. The zero-order chi connectivity index (χ0) is 9.31. The van der Waals surface area contributed by atoms with Gasteiger partial charge in [-0.2, -0.15) is 0 Å². The molecule has 2 rings (SSSR count). The maximum absolute atomic E-state index is 5.92. The van der Waals surface area contributed by atoms with Gasteiger partial charge in [0, 0.05) is 11.6 Å². The zero-order valence-corrected chi connectivity index (χ0v) is 8.14. The van der Waals surface area contributed by atoms with E-state index in [1.54, 1.807) is 0 Å². The van der Waals surface area contributed by atoms with E-state index in [1.165, 1.54) is 5.56 Å². The van der Waals surface area contributed by atoms with Crippen LogP contribution in [0.3, 0.4) is 0 Å². The Labute approximate surface area is 83.1 Å². The molecule has 0 amide bonds. The van der Waals surface area contributed by atoms with Crippen LogP contribution in [0.5, 0.6) is 0 Å². The topological polar surface area (TPSA) is 38.0 Å². The van der Waals surface area contributed by atoms with Crippen molar-refractivity contribution in [2.45, 2.75) is 12.0 Å². The minimum Gasteiger partial charge on any atom is -0.328 e. The van der Waals surface area contributed by atoms with Crippen LogP contribution in [0.25, 0.3) is 0 Å². The van der Waals surface area contributed by atoms with Crippen molar-refractivity contribution in [2.75, 3.05) is 13.1 Å². The molecule has 1 fully saturated rings. The van der Waals surface area contributed by atoms with Crippen LogP contribution in [-0.4, -0.2) is 13.1 Å². The van der Waals surface area contributed by atoms with Gasteiger partial charge in [0.2, 0.25) is 0 Å². The Hall–Kier alpha value is -0.570. The molecule has 0 saturated carbocycles. The number of hydrogen-bond donors (Lipinski definition) is 2. The number of hydrogen-bond acceptors (Lipinski definition) is 2. The summed E-state index contributed by atoms with van der Waals surface area (Å²) in [6.07, 6.45) is 1.10. The quantitative estimate of drug-likeness (QED) is 0.752. The van der Waals surface area contributed by atoms with Crippen LogP contribution in [0.15, 0.2) is 24.3 Å². The van der Waals surface area contributed by atoms with E-state index in [0.717, 1.165) is 18.0 Å². The highest BCUT2D eigenvalue weighted by molar-refractivity contribution is 6.30. The fraction of sp³-hybridized carbons (Fsp3) is 0.400. The third-order valence-electron chi connectivity index (χ3n) is 2.74. The Morgan fingerprint density at radius 2 is 2.31 bits per heavy atom. The third kappa shape index (κ3) is 1.46. The number of halogens is 1. The molecule has 1 heterocycles. The van der Waals surface area contributed by atoms with E-state index in [-0.39, 0.29) is 5.54 Å². The molecule has 0 aromatic heterocycles. The molecule has 0 aliphatic carbocycles. The van der Waals surface area contributed by atoms with Crippen molar-refractivity contribution in [3.63, 3.8) is 0 Å². The number of rotatable bonds is 2. The summed E-state index contributed by atoms with van der Waals surface area (Å²) >= 11 is 5.92. The van der Waals surface area contributed by atoms with Crippen molar-refractivity contribution < 1.29 is 0 Å². The lowest BCUT2D eigenvalue weighted by molar-refractivity contribution is 0.219. The van der Waals surface area contributed by atoms with Gasteiger partial charge in [-0.05, 0) is 30.7 Å². The predicted octanol–water partition coefficient (Wildman–Crippen LogP) is 1.49. The summed E-state index contributed by atoms with van der Waals surface area (Å²) in [6.45, 7) is 1.68. The second-order valence-corrected chi connectivity index (χ2v) is 3.91. The van der Waals surface area contributed by atoms with Gasteiger partial charge in [-0.15, -0.1) is 0 Å². The van der Waals surface area contributed by atoms with Gasteiger partial charge in [0.05, 0.1) is 5.54 Å². The van der Waals surface area contributed by atoms with E-state index in [9.17, 15) is 0 Å². The Balaban J connectivity index is 2.33. The van der Waals surface area contributed by atoms with Gasteiger partial charge in [0.15, 0.2) is 0 Å². The molecule has 13 heavy (non-hydrogen) atoms. The van der Waals surface area contributed by atoms with Gasteiger partial charge >= 0.3 is 0 Å². The molecule has 0 bridgehead atoms. The largest absolute Gasteiger partial charge is 0.328 e. The summed E-state index contributed by atoms with van der Waals surface area (Å²) in [6, 6.07) is 7.91. The van der Waals surface area contributed by atoms with Crippen molar-refractivity contribution >= 4 is 11.6 Å². The molecular formula is C10H13ClN2. The van der Waals surface area contributed by atoms with Gasteiger partial charge in [0.1, 0.15) is 0 Å². The molecular weight excluding hydrogens is 184 g/mol. The maximum atomic E-state index is 5.92. The van der Waals surface area contributed by atoms with E-state index in [2.05, 4.69) is 11.4 Å². The standard InChI is InChI=1S/C10H13ClN2/c11-9-3-1-2-8(6-9)10(7-12)4-5-13-10/h1-3,6,13H,4-5,7,12H2. The van der Waals surface area contributed by atoms with Gasteiger partial charge in [0.25, 0.3) is 0 Å². The lowest BCUT2D eigenvalue weighted by Crippen LogP contribution is -2.58. The monoisotopic (exact) mass is 196 g/mol. The highest BCUT2D eigenvalue weighted by atomic mass is 35.5. The molecule has 2 nitrogen and oxygen atoms in total. The Morgan fingerprint density at radius 1 is 1.54 bits per heavy atom. The molecule has 1 saturated heterocycles. The highest BCUT2D eigenvalue weighted by Gasteiger charge is 2.36. The van der Waals surface area contributed by atoms with Crippen LogP contribution in [-0.2, 0) is 5.54 Å². The van der Waals surface area contributed by atoms with Crippen LogP contribution < -0.4 is 11.1 Å². The first-order chi connectivity index (χ1) is 6.27. The van der Waals surface area contributed by atoms with Crippen molar-refractivity contribution in [1.29, 1.82) is 0 Å². The Morgan fingerprint density at radius 3 is 2.77 bits per heavy atom. The van der Waals surface area contributed by atoms with Crippen LogP contribution >= 0.6 is 11.6 Å². The first kappa shape index (κ1) is 9.00. The van der Waals surface area contributed by atoms with Gasteiger partial charge in [-0.3, -0.25) is 0 Å². The van der Waals surface area contributed by atoms with E-state index >= 15 is 0 Å². The summed E-state index contributed by atoms with van der Waals surface area (Å²) in [4.78, 5) is 0. The van der Waals surface area contributed by atoms with Gasteiger partial charge in [-0.1, -0.05) is 23.7 Å². The average Bonchev–Trinajstić information content (AvgIpc) is 2.03. The summed E-state index contributed by atoms with van der Waals surface area (Å²) in [5, 5.41) is 4.15. The molecule has 1 atom stereocenters. The van der Waals surface area contributed by atoms with Crippen molar-refractivity contribution in [1.82, 2.24) is 5.32 Å². The molecule has 1 aromatic rings. The Kier molecular flexibility index (Phi) is 2.28. The highest BCUT2D eigenvalue weighted by Crippen LogP contribution is 2.31. The first-order valence-electron chi connectivity index (χ1n) is 4.48. The molecule has 70 valence electrons. The van der Waals surface area contributed by atoms with Crippen molar-refractivity contribution in [3.8, 4) is 0 Å². The molecule has 1 aromatic carbocycles. The van der Waals surface area contributed by atoms with Crippen molar-refractivity contribution in [3.05, 3.63) is 34.9 Å². The molecule has 1 aliphatic heterocycles. The lowest BCUT2D eigenvalue weighted by atomic mass is 9.81. The molecule has 3 N–H and O–H groups in total. The van der Waals surface area contributed by atoms with Gasteiger partial charge in [-0.25, -0.2) is 0 Å². The summed E-state index contributed by atoms with van der Waals surface area (Å²) in [5.41, 5.74) is 6.94. The minimum atomic E-state index is -0.00903. The lowest BCUT2D eigenvalue weighted by Gasteiger charge is -2.43. The van der Waals surface area contributed by atoms with E-state index < -0.39 is 0 Å². The first-order valence-corrected chi connectivity index (χ1v) is 4.86. The van der Waals surface area contributed by atoms with Crippen LogP contribution in [0.4, 0.5) is 0 Å². The second kappa shape index (κ2) is 3.29. The normalized spacial score (nSPS) is 26.9. The van der Waals surface area contributed by atoms with E-state index in [1.807, 2.05) is 18.2 Å². The second-order valence-electron chi connectivity index (χ2n) is 3.47. The molecule has 3 heteroatoms. The number of benzene rings is 1. The van der Waals surface area contributed by atoms with Crippen molar-refractivity contribution in [2.24, 2.45) is 5.73 Å². The molecule has 1 unspecified atom stereocenters. The van der Waals surface area contributed by atoms with Crippen LogP contribution in [0.2, 0.25) is 5.02 Å². The minimum absolute atomic E-state index is 0.00903. The molecule has 1 aliphatic rings. The zero-order valence-electron chi connectivity index (χ0n) is 7.39. The fourth-order valence-electron chi connectivity index (χ4n) is 1.75. The Bertz CT molecular complexity index is 302. The van der Waals surface area contributed by atoms with Gasteiger partial charge < -0.3 is 11.1 Å². The summed E-state index contributed by atoms with van der Waals surface area (Å²) < 4.78 is 0. The number of nitrogens with one attached hydrogen (secondary N) is 1. The van der Waals surface area contributed by atoms with E-state index in [4.69, 9.17) is 17.3 Å². The number of nitrogens with two attached hydrogens (primary N) is 1. The third-order valence-corrected chi connectivity index (χ3v) is 2.98.